The van der Waals surface area contributed by atoms with E-state index < -0.39 is 13.8 Å². The first-order valence-corrected chi connectivity index (χ1v) is 9.25. The molecule has 0 fully saturated rings. The van der Waals surface area contributed by atoms with Gasteiger partial charge in [0.1, 0.15) is 5.75 Å². The third-order valence-electron chi connectivity index (χ3n) is 4.07. The van der Waals surface area contributed by atoms with Crippen molar-refractivity contribution in [2.75, 3.05) is 0 Å². The molecule has 3 rings (SSSR count). The minimum atomic E-state index is -1.27. The van der Waals surface area contributed by atoms with Crippen LogP contribution in [0.4, 0.5) is 0 Å². The lowest BCUT2D eigenvalue weighted by molar-refractivity contribution is 0.202. The molecule has 0 aromatic heterocycles. The second-order valence-corrected chi connectivity index (χ2v) is 7.06. The Hall–Kier alpha value is -3.17. The molecule has 130 valence electrons. The number of benzene rings is 3. The standard InChI is InChI=1S/C21H12ClN2O2P/c22-19-9-7-18(8-10-19)21(27-25,17-5-1-15(13-23)2-6-17)26-20-11-3-16(14-24)4-12-20/h1-12H/p+1. The summed E-state index contributed by atoms with van der Waals surface area (Å²) in [5, 5.41) is 17.3. The van der Waals surface area contributed by atoms with E-state index in [4.69, 9.17) is 26.9 Å². The van der Waals surface area contributed by atoms with Gasteiger partial charge in [0.2, 0.25) is 0 Å². The van der Waals surface area contributed by atoms with Gasteiger partial charge in [0, 0.05) is 5.02 Å². The maximum absolute atomic E-state index is 12.5. The topological polar surface area (TPSA) is 73.9 Å². The van der Waals surface area contributed by atoms with Crippen molar-refractivity contribution in [3.8, 4) is 17.9 Å². The number of nitrogens with zero attached hydrogens (tertiary/aromatic N) is 2. The van der Waals surface area contributed by atoms with Crippen LogP contribution in [0.15, 0.2) is 72.8 Å². The number of rotatable bonds is 5. The van der Waals surface area contributed by atoms with Crippen LogP contribution < -0.4 is 4.74 Å². The van der Waals surface area contributed by atoms with Crippen molar-refractivity contribution >= 4 is 20.1 Å². The Labute approximate surface area is 163 Å². The summed E-state index contributed by atoms with van der Waals surface area (Å²) < 4.78 is 18.7. The molecule has 0 spiro atoms. The third kappa shape index (κ3) is 3.83. The molecule has 0 aliphatic carbocycles. The third-order valence-corrected chi connectivity index (χ3v) is 5.29. The van der Waals surface area contributed by atoms with E-state index >= 15 is 0 Å². The van der Waals surface area contributed by atoms with Crippen molar-refractivity contribution in [2.45, 2.75) is 5.34 Å². The predicted molar refractivity (Wildman–Crippen MR) is 104 cm³/mol. The molecule has 0 N–H and O–H groups in total. The molecule has 0 aliphatic heterocycles. The van der Waals surface area contributed by atoms with Crippen molar-refractivity contribution in [1.82, 2.24) is 0 Å². The number of halogens is 1. The van der Waals surface area contributed by atoms with E-state index in [1.54, 1.807) is 72.8 Å². The molecule has 0 saturated carbocycles. The quantitative estimate of drug-likeness (QED) is 0.547. The fraction of sp³-hybridized carbons (Fsp3) is 0.0476. The predicted octanol–water partition coefficient (Wildman–Crippen LogP) is 5.39. The summed E-state index contributed by atoms with van der Waals surface area (Å²) in [6.07, 6.45) is 0. The Morgan fingerprint density at radius 2 is 1.22 bits per heavy atom. The zero-order chi connectivity index (χ0) is 19.3. The van der Waals surface area contributed by atoms with Crippen LogP contribution in [0.3, 0.4) is 0 Å². The molecule has 3 aromatic carbocycles. The van der Waals surface area contributed by atoms with Gasteiger partial charge >= 0.3 is 13.8 Å². The van der Waals surface area contributed by atoms with E-state index in [1.165, 1.54) is 0 Å². The van der Waals surface area contributed by atoms with Crippen LogP contribution in [0.1, 0.15) is 22.3 Å². The minimum Gasteiger partial charge on any atom is -0.438 e. The summed E-state index contributed by atoms with van der Waals surface area (Å²) in [6, 6.07) is 24.4. The van der Waals surface area contributed by atoms with Gasteiger partial charge in [-0.05, 0) is 72.8 Å². The normalized spacial score (nSPS) is 12.6. The molecular weight excluding hydrogens is 379 g/mol. The van der Waals surface area contributed by atoms with E-state index in [2.05, 4.69) is 12.1 Å². The first-order chi connectivity index (χ1) is 13.1. The molecule has 4 nitrogen and oxygen atoms in total. The number of nitriles is 2. The van der Waals surface area contributed by atoms with Crippen LogP contribution in [0.2, 0.25) is 5.02 Å². The summed E-state index contributed by atoms with van der Waals surface area (Å²) in [5.74, 6) is 0.469. The SMILES string of the molecule is N#Cc1ccc(OC([PH+]=O)(c2ccc(Cl)cc2)c2ccc(C#N)cc2)cc1. The number of ether oxygens (including phenoxy) is 1. The lowest BCUT2D eigenvalue weighted by Gasteiger charge is -2.23. The Balaban J connectivity index is 2.13. The zero-order valence-corrected chi connectivity index (χ0v) is 15.8. The smallest absolute Gasteiger partial charge is 0.383 e. The van der Waals surface area contributed by atoms with Gasteiger partial charge in [-0.3, -0.25) is 0 Å². The molecule has 2 unspecified atom stereocenters. The van der Waals surface area contributed by atoms with Gasteiger partial charge < -0.3 is 4.74 Å². The Kier molecular flexibility index (Phi) is 5.53. The average molecular weight is 392 g/mol. The molecule has 0 aliphatic rings. The molecule has 6 heteroatoms. The molecule has 2 atom stereocenters. The van der Waals surface area contributed by atoms with Gasteiger partial charge in [0.25, 0.3) is 0 Å². The van der Waals surface area contributed by atoms with Crippen LogP contribution in [0.25, 0.3) is 0 Å². The number of hydrogen-bond donors (Lipinski definition) is 0. The fourth-order valence-electron chi connectivity index (χ4n) is 2.66. The number of hydrogen-bond acceptors (Lipinski definition) is 4. The Morgan fingerprint density at radius 1 is 0.778 bits per heavy atom. The Bertz CT molecular complexity index is 1040. The minimum absolute atomic E-state index is 0.469. The molecule has 3 aromatic rings. The molecule has 0 heterocycles. The van der Waals surface area contributed by atoms with E-state index in [1.807, 2.05) is 0 Å². The first kappa shape index (κ1) is 18.6. The fourth-order valence-corrected chi connectivity index (χ4v) is 3.52. The molecule has 0 saturated heterocycles. The largest absolute Gasteiger partial charge is 0.438 e. The van der Waals surface area contributed by atoms with Crippen LogP contribution in [-0.4, -0.2) is 0 Å². The average Bonchev–Trinajstić information content (AvgIpc) is 2.73. The van der Waals surface area contributed by atoms with Crippen molar-refractivity contribution in [2.24, 2.45) is 0 Å². The van der Waals surface area contributed by atoms with E-state index in [0.29, 0.717) is 33.0 Å². The lowest BCUT2D eigenvalue weighted by Crippen LogP contribution is -2.28. The van der Waals surface area contributed by atoms with Gasteiger partial charge in [-0.2, -0.15) is 10.5 Å². The van der Waals surface area contributed by atoms with Crippen LogP contribution >= 0.6 is 20.1 Å². The van der Waals surface area contributed by atoms with Crippen molar-refractivity contribution in [1.29, 1.82) is 10.5 Å². The van der Waals surface area contributed by atoms with Crippen LogP contribution in [0, 0.1) is 22.7 Å². The second kappa shape index (κ2) is 8.02. The van der Waals surface area contributed by atoms with Gasteiger partial charge in [-0.15, -0.1) is 0 Å². The van der Waals surface area contributed by atoms with Gasteiger partial charge in [0.15, 0.2) is 0 Å². The summed E-state index contributed by atoms with van der Waals surface area (Å²) in [6.45, 7) is 0. The molecule has 0 radical (unpaired) electrons. The monoisotopic (exact) mass is 391 g/mol. The van der Waals surface area contributed by atoms with Gasteiger partial charge in [-0.1, -0.05) is 16.2 Å². The van der Waals surface area contributed by atoms with Crippen molar-refractivity contribution in [3.63, 3.8) is 0 Å². The maximum Gasteiger partial charge on any atom is 0.383 e. The highest BCUT2D eigenvalue weighted by Crippen LogP contribution is 2.44. The van der Waals surface area contributed by atoms with E-state index in [9.17, 15) is 4.57 Å². The van der Waals surface area contributed by atoms with Gasteiger partial charge in [0.05, 0.1) is 34.4 Å². The highest BCUT2D eigenvalue weighted by molar-refractivity contribution is 7.25. The van der Waals surface area contributed by atoms with Crippen molar-refractivity contribution in [3.05, 3.63) is 100 Å². The highest BCUT2D eigenvalue weighted by atomic mass is 35.5. The molecular formula is C21H13ClN2O2P+. The zero-order valence-electron chi connectivity index (χ0n) is 14.0. The molecule has 0 amide bonds. The first-order valence-electron chi connectivity index (χ1n) is 7.96. The summed E-state index contributed by atoms with van der Waals surface area (Å²) in [5.41, 5.74) is 2.30. The van der Waals surface area contributed by atoms with E-state index in [-0.39, 0.29) is 0 Å². The summed E-state index contributed by atoms with van der Waals surface area (Å²) in [7, 11) is -0.872. The maximum atomic E-state index is 12.5. The summed E-state index contributed by atoms with van der Waals surface area (Å²) >= 11 is 6.00. The van der Waals surface area contributed by atoms with Crippen LogP contribution in [0.5, 0.6) is 5.75 Å². The molecule has 27 heavy (non-hydrogen) atoms. The lowest BCUT2D eigenvalue weighted by atomic mass is 9.99. The van der Waals surface area contributed by atoms with Crippen molar-refractivity contribution < 1.29 is 9.30 Å². The van der Waals surface area contributed by atoms with Crippen LogP contribution in [-0.2, 0) is 9.91 Å². The van der Waals surface area contributed by atoms with Gasteiger partial charge in [-0.25, -0.2) is 0 Å². The molecule has 0 bridgehead atoms. The van der Waals surface area contributed by atoms with E-state index in [0.717, 1.165) is 0 Å². The summed E-state index contributed by atoms with van der Waals surface area (Å²) in [4.78, 5) is 0. The Morgan fingerprint density at radius 3 is 1.67 bits per heavy atom. The highest BCUT2D eigenvalue weighted by Gasteiger charge is 2.46. The second-order valence-electron chi connectivity index (χ2n) is 5.72.